The Balaban J connectivity index is 1.72. The number of hydrogen-bond acceptors (Lipinski definition) is 6. The minimum Gasteiger partial charge on any atom is -0.484 e. The highest BCUT2D eigenvalue weighted by atomic mass is 35.5. The van der Waals surface area contributed by atoms with E-state index in [1.807, 2.05) is 33.8 Å². The maximum absolute atomic E-state index is 14.3. The van der Waals surface area contributed by atoms with E-state index in [1.54, 1.807) is 17.2 Å². The zero-order chi connectivity index (χ0) is 26.1. The number of carbonyl (C=O) groups is 1. The first-order valence-electron chi connectivity index (χ1n) is 10.8. The van der Waals surface area contributed by atoms with E-state index in [1.165, 1.54) is 0 Å². The number of hydrogen-bond donors (Lipinski definition) is 0. The van der Waals surface area contributed by atoms with Gasteiger partial charge in [0.15, 0.2) is 21.4 Å². The van der Waals surface area contributed by atoms with Crippen LogP contribution in [-0.2, 0) is 21.2 Å². The summed E-state index contributed by atoms with van der Waals surface area (Å²) in [5.74, 6) is -3.36. The number of amides is 1. The molecule has 1 aliphatic rings. The first-order valence-corrected chi connectivity index (χ1v) is 13.1. The van der Waals surface area contributed by atoms with E-state index in [0.717, 1.165) is 29.5 Å². The number of pyridine rings is 1. The van der Waals surface area contributed by atoms with Crippen molar-refractivity contribution < 1.29 is 31.5 Å². The van der Waals surface area contributed by atoms with Crippen molar-refractivity contribution in [2.24, 2.45) is 5.92 Å². The van der Waals surface area contributed by atoms with Crippen molar-refractivity contribution in [1.29, 1.82) is 0 Å². The van der Waals surface area contributed by atoms with Crippen molar-refractivity contribution in [2.75, 3.05) is 19.3 Å². The Labute approximate surface area is 208 Å². The summed E-state index contributed by atoms with van der Waals surface area (Å²) in [5.41, 5.74) is 1.45. The third-order valence-corrected chi connectivity index (χ3v) is 6.68. The Hall–Kier alpha value is -2.72. The Morgan fingerprint density at radius 3 is 2.51 bits per heavy atom. The fourth-order valence-electron chi connectivity index (χ4n) is 3.58. The second-order valence-corrected chi connectivity index (χ2v) is 11.7. The Bertz CT molecular complexity index is 1280. The molecule has 190 valence electrons. The smallest absolute Gasteiger partial charge is 0.410 e. The van der Waals surface area contributed by atoms with Gasteiger partial charge in [0.05, 0.1) is 10.7 Å². The molecule has 0 aliphatic carbocycles. The molecule has 0 saturated carbocycles. The summed E-state index contributed by atoms with van der Waals surface area (Å²) in [6.45, 7) is 8.01. The normalized spacial score (nSPS) is 16.6. The second kappa shape index (κ2) is 10.1. The standard InChI is InChI=1S/C24H27ClF2N2O5S/c1-14-12-29(23(30)34-24(2,3)4)9-8-16(14)15-10-17(25)18(28-11-15)13-33-19-6-7-20(35(5,31)32)22(27)21(19)26/h6-8,10-11,14H,9,12-13H2,1-5H3. The maximum Gasteiger partial charge on any atom is 0.410 e. The van der Waals surface area contributed by atoms with Gasteiger partial charge in [0.2, 0.25) is 5.82 Å². The summed E-state index contributed by atoms with van der Waals surface area (Å²) < 4.78 is 62.2. The number of carbonyl (C=O) groups excluding carboxylic acids is 1. The molecule has 3 rings (SSSR count). The molecule has 1 atom stereocenters. The minimum absolute atomic E-state index is 0.00154. The van der Waals surface area contributed by atoms with Gasteiger partial charge >= 0.3 is 6.09 Å². The molecule has 0 saturated heterocycles. The van der Waals surface area contributed by atoms with Crippen LogP contribution in [0.15, 0.2) is 35.4 Å². The van der Waals surface area contributed by atoms with E-state index in [-0.39, 0.29) is 23.6 Å². The summed E-state index contributed by atoms with van der Waals surface area (Å²) >= 11 is 6.37. The highest BCUT2D eigenvalue weighted by Crippen LogP contribution is 2.31. The van der Waals surface area contributed by atoms with Gasteiger partial charge in [0.25, 0.3) is 0 Å². The summed E-state index contributed by atoms with van der Waals surface area (Å²) in [5, 5.41) is 0.263. The molecule has 11 heteroatoms. The van der Waals surface area contributed by atoms with Crippen molar-refractivity contribution in [3.63, 3.8) is 0 Å². The van der Waals surface area contributed by atoms with E-state index in [4.69, 9.17) is 21.1 Å². The molecule has 2 heterocycles. The molecule has 0 radical (unpaired) electrons. The van der Waals surface area contributed by atoms with Crippen LogP contribution in [-0.4, -0.2) is 49.3 Å². The lowest BCUT2D eigenvalue weighted by Gasteiger charge is -2.33. The van der Waals surface area contributed by atoms with Crippen LogP contribution in [0.4, 0.5) is 13.6 Å². The van der Waals surface area contributed by atoms with Crippen LogP contribution in [0, 0.1) is 17.6 Å². The summed E-state index contributed by atoms with van der Waals surface area (Å²) in [4.78, 5) is 17.5. The van der Waals surface area contributed by atoms with E-state index < -0.39 is 37.7 Å². The highest BCUT2D eigenvalue weighted by Gasteiger charge is 2.28. The van der Waals surface area contributed by atoms with Gasteiger partial charge in [0, 0.05) is 25.5 Å². The van der Waals surface area contributed by atoms with Crippen LogP contribution in [0.1, 0.15) is 39.0 Å². The second-order valence-electron chi connectivity index (χ2n) is 9.35. The lowest BCUT2D eigenvalue weighted by Crippen LogP contribution is -2.41. The molecule has 0 spiro atoms. The van der Waals surface area contributed by atoms with Gasteiger partial charge in [-0.05, 0) is 56.0 Å². The third kappa shape index (κ3) is 6.49. The molecule has 1 aromatic carbocycles. The molecular formula is C24H27ClF2N2O5S. The van der Waals surface area contributed by atoms with Gasteiger partial charge in [-0.1, -0.05) is 24.6 Å². The zero-order valence-electron chi connectivity index (χ0n) is 20.1. The van der Waals surface area contributed by atoms with Gasteiger partial charge in [0.1, 0.15) is 17.1 Å². The van der Waals surface area contributed by atoms with Crippen LogP contribution >= 0.6 is 11.6 Å². The molecule has 1 unspecified atom stereocenters. The molecule has 0 bridgehead atoms. The first kappa shape index (κ1) is 26.9. The van der Waals surface area contributed by atoms with E-state index >= 15 is 0 Å². The molecule has 35 heavy (non-hydrogen) atoms. The van der Waals surface area contributed by atoms with Crippen LogP contribution < -0.4 is 4.74 Å². The van der Waals surface area contributed by atoms with Gasteiger partial charge < -0.3 is 14.4 Å². The van der Waals surface area contributed by atoms with Crippen molar-refractivity contribution in [2.45, 2.75) is 44.8 Å². The first-order chi connectivity index (χ1) is 16.2. The zero-order valence-corrected chi connectivity index (χ0v) is 21.6. The number of nitrogens with zero attached hydrogens (tertiary/aromatic N) is 2. The van der Waals surface area contributed by atoms with E-state index in [9.17, 15) is 22.0 Å². The Morgan fingerprint density at radius 2 is 1.94 bits per heavy atom. The van der Waals surface area contributed by atoms with Crippen molar-refractivity contribution >= 4 is 33.1 Å². The number of benzene rings is 1. The monoisotopic (exact) mass is 528 g/mol. The topological polar surface area (TPSA) is 85.8 Å². The molecule has 1 amide bonds. The highest BCUT2D eigenvalue weighted by molar-refractivity contribution is 7.90. The molecule has 0 fully saturated rings. The van der Waals surface area contributed by atoms with Crippen LogP contribution in [0.25, 0.3) is 5.57 Å². The number of aromatic nitrogens is 1. The predicted octanol–water partition coefficient (Wildman–Crippen LogP) is 5.27. The molecule has 1 aromatic heterocycles. The van der Waals surface area contributed by atoms with Crippen LogP contribution in [0.3, 0.4) is 0 Å². The van der Waals surface area contributed by atoms with E-state index in [2.05, 4.69) is 4.98 Å². The summed E-state index contributed by atoms with van der Waals surface area (Å²) in [6.07, 6.45) is 3.92. The van der Waals surface area contributed by atoms with Gasteiger partial charge in [-0.2, -0.15) is 4.39 Å². The number of rotatable bonds is 5. The van der Waals surface area contributed by atoms with Gasteiger partial charge in [-0.3, -0.25) is 4.98 Å². The molecule has 0 N–H and O–H groups in total. The molecule has 7 nitrogen and oxygen atoms in total. The van der Waals surface area contributed by atoms with Crippen molar-refractivity contribution in [1.82, 2.24) is 9.88 Å². The number of sulfone groups is 1. The summed E-state index contributed by atoms with van der Waals surface area (Å²) in [7, 11) is -3.92. The fraction of sp³-hybridized carbons (Fsp3) is 0.417. The van der Waals surface area contributed by atoms with Crippen molar-refractivity contribution in [3.05, 3.63) is 58.4 Å². The predicted molar refractivity (Wildman–Crippen MR) is 128 cm³/mol. The average molecular weight is 529 g/mol. The van der Waals surface area contributed by atoms with Gasteiger partial charge in [-0.15, -0.1) is 0 Å². The van der Waals surface area contributed by atoms with E-state index in [0.29, 0.717) is 18.8 Å². The SMILES string of the molecule is CC1CN(C(=O)OC(C)(C)C)CC=C1c1cnc(COc2ccc(S(C)(=O)=O)c(F)c2F)c(Cl)c1. The molecular weight excluding hydrogens is 502 g/mol. The Kier molecular flexibility index (Phi) is 7.76. The fourth-order valence-corrected chi connectivity index (χ4v) is 4.53. The van der Waals surface area contributed by atoms with Crippen LogP contribution in [0.5, 0.6) is 5.75 Å². The molecule has 2 aromatic rings. The Morgan fingerprint density at radius 1 is 1.26 bits per heavy atom. The quantitative estimate of drug-likeness (QED) is 0.526. The largest absolute Gasteiger partial charge is 0.484 e. The lowest BCUT2D eigenvalue weighted by molar-refractivity contribution is 0.0251. The lowest BCUT2D eigenvalue weighted by atomic mass is 9.91. The average Bonchev–Trinajstić information content (AvgIpc) is 2.73. The minimum atomic E-state index is -3.92. The van der Waals surface area contributed by atoms with Crippen LogP contribution in [0.2, 0.25) is 5.02 Å². The maximum atomic E-state index is 14.3. The van der Waals surface area contributed by atoms with Gasteiger partial charge in [-0.25, -0.2) is 17.6 Å². The summed E-state index contributed by atoms with van der Waals surface area (Å²) in [6, 6.07) is 3.68. The third-order valence-electron chi connectivity index (χ3n) is 5.23. The molecule has 1 aliphatic heterocycles. The van der Waals surface area contributed by atoms with Crippen molar-refractivity contribution in [3.8, 4) is 5.75 Å². The number of ether oxygens (including phenoxy) is 2. The number of halogens is 3.